The minimum Gasteiger partial charge on any atom is -0.379 e. The quantitative estimate of drug-likeness (QED) is 0.858. The molecule has 0 aliphatic carbocycles. The van der Waals surface area contributed by atoms with Crippen LogP contribution in [0.1, 0.15) is 24.2 Å². The summed E-state index contributed by atoms with van der Waals surface area (Å²) in [6.07, 6.45) is 1.80. The fourth-order valence-corrected chi connectivity index (χ4v) is 2.52. The Hall–Kier alpha value is -1.46. The molecule has 2 unspecified atom stereocenters. The number of nitrogens with zero attached hydrogens (tertiary/aromatic N) is 2. The van der Waals surface area contributed by atoms with E-state index >= 15 is 0 Å². The van der Waals surface area contributed by atoms with Gasteiger partial charge in [0.25, 0.3) is 0 Å². The lowest BCUT2D eigenvalue weighted by Gasteiger charge is -2.15. The van der Waals surface area contributed by atoms with Gasteiger partial charge in [-0.15, -0.1) is 0 Å². The summed E-state index contributed by atoms with van der Waals surface area (Å²) in [5.41, 5.74) is 3.01. The zero-order chi connectivity index (χ0) is 12.5. The molecule has 0 aromatic carbocycles. The Morgan fingerprint density at radius 2 is 2.39 bits per heavy atom. The van der Waals surface area contributed by atoms with Crippen LogP contribution < -0.4 is 5.32 Å². The molecule has 1 aliphatic heterocycles. The minimum absolute atomic E-state index is 0.290. The third-order valence-electron chi connectivity index (χ3n) is 3.52. The van der Waals surface area contributed by atoms with E-state index in [1.807, 2.05) is 6.07 Å². The number of aromatic nitrogens is 3. The third-order valence-corrected chi connectivity index (χ3v) is 3.52. The van der Waals surface area contributed by atoms with Crippen molar-refractivity contribution in [3.05, 3.63) is 23.7 Å². The van der Waals surface area contributed by atoms with Gasteiger partial charge in [0.2, 0.25) is 0 Å². The molecule has 0 spiro atoms. The van der Waals surface area contributed by atoms with Gasteiger partial charge < -0.3 is 15.0 Å². The van der Waals surface area contributed by atoms with Crippen molar-refractivity contribution in [3.63, 3.8) is 0 Å². The third kappa shape index (κ3) is 1.89. The highest BCUT2D eigenvalue weighted by atomic mass is 16.5. The number of likely N-dealkylation sites (N-methyl/N-ethyl adjacent to an activating group) is 1. The minimum atomic E-state index is 0.290. The highest BCUT2D eigenvalue weighted by Crippen LogP contribution is 2.25. The van der Waals surface area contributed by atoms with Crippen LogP contribution >= 0.6 is 0 Å². The number of nitrogens with one attached hydrogen (secondary N) is 2. The first-order valence-corrected chi connectivity index (χ1v) is 6.42. The van der Waals surface area contributed by atoms with Crippen LogP contribution in [-0.2, 0) is 4.74 Å². The molecule has 5 heteroatoms. The van der Waals surface area contributed by atoms with Crippen LogP contribution in [0, 0.1) is 6.92 Å². The van der Waals surface area contributed by atoms with Gasteiger partial charge in [-0.3, -0.25) is 0 Å². The molecule has 2 aromatic rings. The average molecular weight is 246 g/mol. The summed E-state index contributed by atoms with van der Waals surface area (Å²) < 4.78 is 5.56. The Morgan fingerprint density at radius 1 is 1.50 bits per heavy atom. The number of imidazole rings is 1. The van der Waals surface area contributed by atoms with Crippen molar-refractivity contribution in [2.24, 2.45) is 0 Å². The maximum absolute atomic E-state index is 5.56. The first kappa shape index (κ1) is 11.6. The van der Waals surface area contributed by atoms with Crippen molar-refractivity contribution in [1.82, 2.24) is 20.3 Å². The van der Waals surface area contributed by atoms with Crippen LogP contribution in [0.2, 0.25) is 0 Å². The van der Waals surface area contributed by atoms with E-state index < -0.39 is 0 Å². The lowest BCUT2D eigenvalue weighted by atomic mass is 10.0. The van der Waals surface area contributed by atoms with E-state index in [-0.39, 0.29) is 0 Å². The van der Waals surface area contributed by atoms with Gasteiger partial charge in [-0.25, -0.2) is 9.97 Å². The van der Waals surface area contributed by atoms with Gasteiger partial charge in [0.05, 0.1) is 24.6 Å². The monoisotopic (exact) mass is 246 g/mol. The molecule has 18 heavy (non-hydrogen) atoms. The summed E-state index contributed by atoms with van der Waals surface area (Å²) in [5.74, 6) is 1.27. The summed E-state index contributed by atoms with van der Waals surface area (Å²) in [5, 5.41) is 3.45. The summed E-state index contributed by atoms with van der Waals surface area (Å²) in [6.45, 7) is 6.60. The lowest BCUT2D eigenvalue weighted by Crippen LogP contribution is -2.34. The number of pyridine rings is 1. The van der Waals surface area contributed by atoms with Gasteiger partial charge in [-0.1, -0.05) is 6.92 Å². The smallest absolute Gasteiger partial charge is 0.177 e. The van der Waals surface area contributed by atoms with Crippen LogP contribution in [0.3, 0.4) is 0 Å². The predicted octanol–water partition coefficient (Wildman–Crippen LogP) is 1.36. The maximum atomic E-state index is 5.56. The van der Waals surface area contributed by atoms with Crippen LogP contribution in [-0.4, -0.2) is 40.8 Å². The fourth-order valence-electron chi connectivity index (χ4n) is 2.52. The number of aromatic amines is 1. The summed E-state index contributed by atoms with van der Waals surface area (Å²) in [7, 11) is 0. The van der Waals surface area contributed by atoms with Crippen molar-refractivity contribution >= 4 is 11.2 Å². The molecule has 1 fully saturated rings. The Labute approximate surface area is 106 Å². The number of hydrogen-bond acceptors (Lipinski definition) is 4. The van der Waals surface area contributed by atoms with E-state index in [9.17, 15) is 0 Å². The molecular formula is C13H18N4O. The Morgan fingerprint density at radius 3 is 3.17 bits per heavy atom. The summed E-state index contributed by atoms with van der Waals surface area (Å²) in [6, 6.07) is 2.34. The zero-order valence-electron chi connectivity index (χ0n) is 10.7. The standard InChI is InChI=1S/C13H18N4O/c1-3-14-10-7-18-6-9(10)12-16-11-8(2)4-5-15-13(11)17-12/h4-5,9-10,14H,3,6-7H2,1-2H3,(H,15,16,17). The van der Waals surface area contributed by atoms with E-state index in [4.69, 9.17) is 4.74 Å². The number of ether oxygens (including phenoxy) is 1. The van der Waals surface area contributed by atoms with Gasteiger partial charge in [-0.05, 0) is 25.1 Å². The van der Waals surface area contributed by atoms with Crippen LogP contribution in [0.15, 0.2) is 12.3 Å². The van der Waals surface area contributed by atoms with Crippen molar-refractivity contribution in [2.45, 2.75) is 25.8 Å². The SMILES string of the molecule is CCNC1COCC1c1nc2nccc(C)c2[nH]1. The summed E-state index contributed by atoms with van der Waals surface area (Å²) in [4.78, 5) is 12.3. The molecule has 96 valence electrons. The molecule has 0 saturated carbocycles. The van der Waals surface area contributed by atoms with Crippen molar-refractivity contribution in [1.29, 1.82) is 0 Å². The molecule has 3 rings (SSSR count). The zero-order valence-corrected chi connectivity index (χ0v) is 10.7. The molecule has 1 aliphatic rings. The molecule has 3 heterocycles. The molecule has 5 nitrogen and oxygen atoms in total. The number of hydrogen-bond donors (Lipinski definition) is 2. The average Bonchev–Trinajstić information content (AvgIpc) is 2.95. The largest absolute Gasteiger partial charge is 0.379 e. The van der Waals surface area contributed by atoms with Crippen LogP contribution in [0.25, 0.3) is 11.2 Å². The van der Waals surface area contributed by atoms with E-state index in [0.29, 0.717) is 12.0 Å². The molecule has 0 amide bonds. The topological polar surface area (TPSA) is 62.8 Å². The molecule has 2 N–H and O–H groups in total. The Bertz CT molecular complexity index is 551. The van der Waals surface area contributed by atoms with Gasteiger partial charge >= 0.3 is 0 Å². The number of aryl methyl sites for hydroxylation is 1. The second-order valence-electron chi connectivity index (χ2n) is 4.76. The number of H-pyrrole nitrogens is 1. The molecular weight excluding hydrogens is 228 g/mol. The van der Waals surface area contributed by atoms with Gasteiger partial charge in [0.1, 0.15) is 5.82 Å². The first-order valence-electron chi connectivity index (χ1n) is 6.42. The van der Waals surface area contributed by atoms with E-state index in [0.717, 1.165) is 36.7 Å². The molecule has 0 radical (unpaired) electrons. The van der Waals surface area contributed by atoms with Crippen LogP contribution in [0.4, 0.5) is 0 Å². The highest BCUT2D eigenvalue weighted by molar-refractivity contribution is 5.74. The molecule has 2 atom stereocenters. The van der Waals surface area contributed by atoms with Crippen molar-refractivity contribution < 1.29 is 4.74 Å². The van der Waals surface area contributed by atoms with Crippen molar-refractivity contribution in [2.75, 3.05) is 19.8 Å². The van der Waals surface area contributed by atoms with Gasteiger partial charge in [0, 0.05) is 12.2 Å². The molecule has 1 saturated heterocycles. The van der Waals surface area contributed by atoms with Gasteiger partial charge in [-0.2, -0.15) is 0 Å². The highest BCUT2D eigenvalue weighted by Gasteiger charge is 2.31. The maximum Gasteiger partial charge on any atom is 0.177 e. The van der Waals surface area contributed by atoms with Crippen LogP contribution in [0.5, 0.6) is 0 Å². The fraction of sp³-hybridized carbons (Fsp3) is 0.538. The summed E-state index contributed by atoms with van der Waals surface area (Å²) >= 11 is 0. The van der Waals surface area contributed by atoms with E-state index in [1.54, 1.807) is 6.20 Å². The molecule has 0 bridgehead atoms. The Kier molecular flexibility index (Phi) is 3.01. The first-order chi connectivity index (χ1) is 8.79. The molecule has 2 aromatic heterocycles. The van der Waals surface area contributed by atoms with Gasteiger partial charge in [0.15, 0.2) is 5.65 Å². The second-order valence-corrected chi connectivity index (χ2v) is 4.76. The second kappa shape index (κ2) is 4.66. The Balaban J connectivity index is 1.96. The normalized spacial score (nSPS) is 23.9. The van der Waals surface area contributed by atoms with E-state index in [2.05, 4.69) is 34.1 Å². The number of fused-ring (bicyclic) bond motifs is 1. The lowest BCUT2D eigenvalue weighted by molar-refractivity contribution is 0.187. The number of rotatable bonds is 3. The predicted molar refractivity (Wildman–Crippen MR) is 69.7 cm³/mol. The van der Waals surface area contributed by atoms with Crippen molar-refractivity contribution in [3.8, 4) is 0 Å². The van der Waals surface area contributed by atoms with E-state index in [1.165, 1.54) is 5.56 Å².